The van der Waals surface area contributed by atoms with Gasteiger partial charge in [-0.25, -0.2) is 0 Å². The molecule has 0 saturated carbocycles. The summed E-state index contributed by atoms with van der Waals surface area (Å²) in [6.07, 6.45) is 1.10. The third-order valence-electron chi connectivity index (χ3n) is 4.27. The Bertz CT molecular complexity index is 975. The van der Waals surface area contributed by atoms with Gasteiger partial charge in [0.1, 0.15) is 6.54 Å². The smallest absolute Gasteiger partial charge is 0.285 e. The molecule has 3 rings (SSSR count). The molecule has 0 spiro atoms. The molecule has 2 aromatic carbocycles. The number of hydrogen-bond acceptors (Lipinski definition) is 4. The summed E-state index contributed by atoms with van der Waals surface area (Å²) in [5.74, 6) is -0.296. The van der Waals surface area contributed by atoms with Crippen molar-refractivity contribution in [1.29, 1.82) is 0 Å². The second-order valence-corrected chi connectivity index (χ2v) is 6.33. The van der Waals surface area contributed by atoms with E-state index in [9.17, 15) is 19.7 Å². The van der Waals surface area contributed by atoms with Gasteiger partial charge in [0.25, 0.3) is 11.2 Å². The summed E-state index contributed by atoms with van der Waals surface area (Å²) in [6, 6.07) is 21.3. The molecule has 0 aliphatic carbocycles. The minimum Gasteiger partial charge on any atom is -0.332 e. The van der Waals surface area contributed by atoms with Gasteiger partial charge in [-0.2, -0.15) is 0 Å². The highest BCUT2D eigenvalue weighted by molar-refractivity contribution is 5.76. The second-order valence-electron chi connectivity index (χ2n) is 6.33. The molecule has 0 fully saturated rings. The Kier molecular flexibility index (Phi) is 5.96. The van der Waals surface area contributed by atoms with Crippen molar-refractivity contribution in [3.63, 3.8) is 0 Å². The Morgan fingerprint density at radius 3 is 1.93 bits per heavy atom. The van der Waals surface area contributed by atoms with Gasteiger partial charge >= 0.3 is 0 Å². The van der Waals surface area contributed by atoms with E-state index in [4.69, 9.17) is 0 Å². The lowest BCUT2D eigenvalue weighted by Crippen LogP contribution is -2.35. The molecule has 1 amide bonds. The predicted octanol–water partition coefficient (Wildman–Crippen LogP) is 2.99. The van der Waals surface area contributed by atoms with E-state index in [0.717, 1.165) is 34.0 Å². The summed E-state index contributed by atoms with van der Waals surface area (Å²) in [7, 11) is 0. The number of carbonyl (C=O) groups is 1. The zero-order valence-electron chi connectivity index (χ0n) is 15.1. The van der Waals surface area contributed by atoms with Gasteiger partial charge in [0.05, 0.1) is 11.1 Å². The highest BCUT2D eigenvalue weighted by Gasteiger charge is 2.17. The second kappa shape index (κ2) is 8.77. The molecule has 142 valence electrons. The zero-order valence-corrected chi connectivity index (χ0v) is 15.1. The van der Waals surface area contributed by atoms with Crippen molar-refractivity contribution in [3.8, 4) is 0 Å². The maximum Gasteiger partial charge on any atom is 0.285 e. The molecule has 28 heavy (non-hydrogen) atoms. The number of nitro groups is 1. The van der Waals surface area contributed by atoms with Crippen molar-refractivity contribution in [1.82, 2.24) is 9.47 Å². The van der Waals surface area contributed by atoms with Crippen LogP contribution in [0, 0.1) is 10.1 Å². The lowest BCUT2D eigenvalue weighted by molar-refractivity contribution is -0.385. The van der Waals surface area contributed by atoms with Crippen LogP contribution in [-0.4, -0.2) is 20.3 Å². The van der Waals surface area contributed by atoms with Crippen LogP contribution in [0.3, 0.4) is 0 Å². The van der Waals surface area contributed by atoms with Crippen LogP contribution in [0.5, 0.6) is 0 Å². The van der Waals surface area contributed by atoms with E-state index in [1.165, 1.54) is 0 Å². The number of aromatic nitrogens is 1. The minimum atomic E-state index is -0.591. The molecule has 1 heterocycles. The van der Waals surface area contributed by atoms with Gasteiger partial charge in [-0.15, -0.1) is 0 Å². The normalized spacial score (nSPS) is 10.4. The fourth-order valence-electron chi connectivity index (χ4n) is 2.84. The van der Waals surface area contributed by atoms with Gasteiger partial charge in [0, 0.05) is 25.2 Å². The fourth-order valence-corrected chi connectivity index (χ4v) is 2.84. The molecule has 7 nitrogen and oxygen atoms in total. The molecule has 1 aromatic heterocycles. The molecule has 0 aliphatic heterocycles. The van der Waals surface area contributed by atoms with Crippen LogP contribution in [-0.2, 0) is 24.4 Å². The van der Waals surface area contributed by atoms with Gasteiger partial charge in [0.2, 0.25) is 5.91 Å². The standard InChI is InChI=1S/C21H19N3O4/c25-20-12-11-19(24(27)28)15-23(20)16-21(26)22(13-17-7-3-1-4-8-17)14-18-9-5-2-6-10-18/h1-12,15H,13-14,16H2. The number of pyridine rings is 1. The number of benzene rings is 2. The molecule has 0 radical (unpaired) electrons. The monoisotopic (exact) mass is 377 g/mol. The summed E-state index contributed by atoms with van der Waals surface area (Å²) in [6.45, 7) is 0.483. The average Bonchev–Trinajstić information content (AvgIpc) is 2.70. The van der Waals surface area contributed by atoms with E-state index in [2.05, 4.69) is 0 Å². The molecule has 3 aromatic rings. The first-order chi connectivity index (χ1) is 13.5. The van der Waals surface area contributed by atoms with E-state index < -0.39 is 10.5 Å². The summed E-state index contributed by atoms with van der Waals surface area (Å²) >= 11 is 0. The molecule has 7 heteroatoms. The summed E-state index contributed by atoms with van der Waals surface area (Å²) in [5, 5.41) is 11.0. The van der Waals surface area contributed by atoms with Crippen LogP contribution >= 0.6 is 0 Å². The number of nitrogens with zero attached hydrogens (tertiary/aromatic N) is 3. The van der Waals surface area contributed by atoms with Crippen molar-refractivity contribution in [2.45, 2.75) is 19.6 Å². The van der Waals surface area contributed by atoms with E-state index in [0.29, 0.717) is 13.1 Å². The molecule has 0 N–H and O–H groups in total. The highest BCUT2D eigenvalue weighted by atomic mass is 16.6. The van der Waals surface area contributed by atoms with Crippen LogP contribution in [0.4, 0.5) is 5.69 Å². The Morgan fingerprint density at radius 1 is 0.893 bits per heavy atom. The molecule has 0 atom stereocenters. The van der Waals surface area contributed by atoms with Gasteiger partial charge < -0.3 is 4.90 Å². The maximum atomic E-state index is 13.0. The fraction of sp³-hybridized carbons (Fsp3) is 0.143. The Hall–Kier alpha value is -3.74. The number of rotatable bonds is 7. The SMILES string of the molecule is O=C(Cn1cc([N+](=O)[O-])ccc1=O)N(Cc1ccccc1)Cc1ccccc1. The summed E-state index contributed by atoms with van der Waals surface area (Å²) in [5.41, 5.74) is 1.22. The first-order valence-electron chi connectivity index (χ1n) is 8.73. The lowest BCUT2D eigenvalue weighted by Gasteiger charge is -2.23. The van der Waals surface area contributed by atoms with Gasteiger partial charge in [-0.3, -0.25) is 24.3 Å². The zero-order chi connectivity index (χ0) is 19.9. The van der Waals surface area contributed by atoms with Crippen LogP contribution in [0.15, 0.2) is 83.8 Å². The number of hydrogen-bond donors (Lipinski definition) is 0. The Labute approximate surface area is 161 Å². The molecule has 0 aliphatic rings. The first kappa shape index (κ1) is 19.0. The number of amides is 1. The third kappa shape index (κ3) is 4.91. The molecular formula is C21H19N3O4. The average molecular weight is 377 g/mol. The number of carbonyl (C=O) groups excluding carboxylic acids is 1. The molecule has 0 unspecified atom stereocenters. The molecular weight excluding hydrogens is 358 g/mol. The Balaban J connectivity index is 1.84. The largest absolute Gasteiger partial charge is 0.332 e. The van der Waals surface area contributed by atoms with Crippen LogP contribution in [0.25, 0.3) is 0 Å². The predicted molar refractivity (Wildman–Crippen MR) is 104 cm³/mol. The first-order valence-corrected chi connectivity index (χ1v) is 8.73. The van der Waals surface area contributed by atoms with Crippen LogP contribution in [0.2, 0.25) is 0 Å². The van der Waals surface area contributed by atoms with E-state index in [-0.39, 0.29) is 18.1 Å². The van der Waals surface area contributed by atoms with Crippen molar-refractivity contribution >= 4 is 11.6 Å². The molecule has 0 bridgehead atoms. The molecule has 0 saturated heterocycles. The van der Waals surface area contributed by atoms with Gasteiger partial charge in [0.15, 0.2) is 0 Å². The topological polar surface area (TPSA) is 85.5 Å². The van der Waals surface area contributed by atoms with Crippen molar-refractivity contribution in [2.75, 3.05) is 0 Å². The third-order valence-corrected chi connectivity index (χ3v) is 4.27. The van der Waals surface area contributed by atoms with E-state index >= 15 is 0 Å². The Morgan fingerprint density at radius 2 is 1.43 bits per heavy atom. The summed E-state index contributed by atoms with van der Waals surface area (Å²) in [4.78, 5) is 37.0. The van der Waals surface area contributed by atoms with E-state index in [1.54, 1.807) is 4.90 Å². The lowest BCUT2D eigenvalue weighted by atomic mass is 10.1. The highest BCUT2D eigenvalue weighted by Crippen LogP contribution is 2.12. The summed E-state index contributed by atoms with van der Waals surface area (Å²) < 4.78 is 1.07. The quantitative estimate of drug-likeness (QED) is 0.468. The maximum absolute atomic E-state index is 13.0. The van der Waals surface area contributed by atoms with E-state index in [1.807, 2.05) is 60.7 Å². The van der Waals surface area contributed by atoms with Crippen molar-refractivity contribution in [3.05, 3.63) is 111 Å². The van der Waals surface area contributed by atoms with Crippen molar-refractivity contribution in [2.24, 2.45) is 0 Å². The van der Waals surface area contributed by atoms with Gasteiger partial charge in [-0.1, -0.05) is 60.7 Å². The van der Waals surface area contributed by atoms with Crippen LogP contribution < -0.4 is 5.56 Å². The van der Waals surface area contributed by atoms with Gasteiger partial charge in [-0.05, 0) is 11.1 Å². The van der Waals surface area contributed by atoms with Crippen LogP contribution in [0.1, 0.15) is 11.1 Å². The van der Waals surface area contributed by atoms with Crippen molar-refractivity contribution < 1.29 is 9.72 Å². The minimum absolute atomic E-state index is 0.231.